The van der Waals surface area contributed by atoms with Crippen molar-refractivity contribution in [2.24, 2.45) is 0 Å². The van der Waals surface area contributed by atoms with Gasteiger partial charge in [-0.2, -0.15) is 0 Å². The molecule has 0 amide bonds. The molecular formula is C23H19F2N3O2. The van der Waals surface area contributed by atoms with Crippen LogP contribution in [0.1, 0.15) is 16.9 Å². The van der Waals surface area contributed by atoms with Gasteiger partial charge in [0.1, 0.15) is 23.1 Å². The van der Waals surface area contributed by atoms with Crippen LogP contribution < -0.4 is 10.1 Å². The maximum atomic E-state index is 13.8. The lowest BCUT2D eigenvalue weighted by molar-refractivity contribution is 0.321. The number of hydrogen-bond donors (Lipinski definition) is 1. The molecule has 0 spiro atoms. The lowest BCUT2D eigenvalue weighted by atomic mass is 10.1. The molecule has 152 valence electrons. The number of nitrogens with zero attached hydrogens (tertiary/aromatic N) is 2. The van der Waals surface area contributed by atoms with Gasteiger partial charge in [-0.3, -0.25) is 4.98 Å². The maximum Gasteiger partial charge on any atom is 0.299 e. The summed E-state index contributed by atoms with van der Waals surface area (Å²) in [6.07, 6.45) is 5.59. The Morgan fingerprint density at radius 2 is 1.67 bits per heavy atom. The summed E-state index contributed by atoms with van der Waals surface area (Å²) in [7, 11) is 0. The minimum Gasteiger partial charge on any atom is -0.493 e. The van der Waals surface area contributed by atoms with Gasteiger partial charge in [0.2, 0.25) is 0 Å². The molecule has 0 unspecified atom stereocenters. The standard InChI is InChI=1S/C23H19F2N3O2/c24-21-2-1-3-22(25)20(21)14-19-15-27-23(30-19)28-17-6-4-16(5-7-17)10-13-29-18-8-11-26-12-9-18/h1-9,11-12,15H,10,13-14H2,(H,27,28). The highest BCUT2D eigenvalue weighted by Gasteiger charge is 2.12. The van der Waals surface area contributed by atoms with Crippen LogP contribution >= 0.6 is 0 Å². The Morgan fingerprint density at radius 1 is 0.933 bits per heavy atom. The summed E-state index contributed by atoms with van der Waals surface area (Å²) in [6, 6.07) is 15.4. The number of oxazole rings is 1. The van der Waals surface area contributed by atoms with Crippen molar-refractivity contribution in [3.8, 4) is 5.75 Å². The number of rotatable bonds is 8. The van der Waals surface area contributed by atoms with E-state index in [1.54, 1.807) is 12.4 Å². The van der Waals surface area contributed by atoms with Crippen molar-refractivity contribution < 1.29 is 17.9 Å². The summed E-state index contributed by atoms with van der Waals surface area (Å²) < 4.78 is 38.8. The molecule has 4 aromatic rings. The summed E-state index contributed by atoms with van der Waals surface area (Å²) in [6.45, 7) is 0.562. The SMILES string of the molecule is Fc1cccc(F)c1Cc1cnc(Nc2ccc(CCOc3ccncc3)cc2)o1. The quantitative estimate of drug-likeness (QED) is 0.429. The highest BCUT2D eigenvalue weighted by Crippen LogP contribution is 2.21. The van der Waals surface area contributed by atoms with Gasteiger partial charge < -0.3 is 14.5 Å². The van der Waals surface area contributed by atoms with Gasteiger partial charge in [0.15, 0.2) is 0 Å². The minimum atomic E-state index is -0.607. The van der Waals surface area contributed by atoms with E-state index in [-0.39, 0.29) is 18.0 Å². The first-order chi connectivity index (χ1) is 14.7. The predicted molar refractivity (Wildman–Crippen MR) is 109 cm³/mol. The molecule has 4 rings (SSSR count). The van der Waals surface area contributed by atoms with E-state index in [0.29, 0.717) is 12.4 Å². The first-order valence-corrected chi connectivity index (χ1v) is 9.44. The fraction of sp³-hybridized carbons (Fsp3) is 0.130. The Morgan fingerprint density at radius 3 is 2.40 bits per heavy atom. The van der Waals surface area contributed by atoms with Gasteiger partial charge in [0.25, 0.3) is 6.01 Å². The van der Waals surface area contributed by atoms with E-state index in [0.717, 1.165) is 23.4 Å². The Balaban J connectivity index is 1.31. The molecule has 1 N–H and O–H groups in total. The van der Waals surface area contributed by atoms with E-state index < -0.39 is 11.6 Å². The van der Waals surface area contributed by atoms with Gasteiger partial charge in [0.05, 0.1) is 12.8 Å². The largest absolute Gasteiger partial charge is 0.493 e. The third-order valence-electron chi connectivity index (χ3n) is 4.48. The van der Waals surface area contributed by atoms with Gasteiger partial charge in [-0.15, -0.1) is 0 Å². The van der Waals surface area contributed by atoms with Crippen LogP contribution in [0.3, 0.4) is 0 Å². The Bertz CT molecular complexity index is 1080. The van der Waals surface area contributed by atoms with Crippen LogP contribution in [0.2, 0.25) is 0 Å². The van der Waals surface area contributed by atoms with Crippen LogP contribution in [0, 0.1) is 11.6 Å². The lowest BCUT2D eigenvalue weighted by Gasteiger charge is -2.07. The number of ether oxygens (including phenoxy) is 1. The van der Waals surface area contributed by atoms with Gasteiger partial charge >= 0.3 is 0 Å². The van der Waals surface area contributed by atoms with Crippen molar-refractivity contribution in [3.63, 3.8) is 0 Å². The van der Waals surface area contributed by atoms with Gasteiger partial charge in [0, 0.05) is 36.5 Å². The number of hydrogen-bond acceptors (Lipinski definition) is 5. The molecule has 0 saturated carbocycles. The zero-order chi connectivity index (χ0) is 20.8. The molecule has 2 aromatic heterocycles. The van der Waals surface area contributed by atoms with Crippen LogP contribution in [-0.4, -0.2) is 16.6 Å². The van der Waals surface area contributed by atoms with Crippen molar-refractivity contribution in [3.05, 3.63) is 102 Å². The maximum absolute atomic E-state index is 13.8. The monoisotopic (exact) mass is 407 g/mol. The van der Waals surface area contributed by atoms with Gasteiger partial charge in [-0.1, -0.05) is 18.2 Å². The lowest BCUT2D eigenvalue weighted by Crippen LogP contribution is -2.01. The zero-order valence-electron chi connectivity index (χ0n) is 16.0. The molecule has 5 nitrogen and oxygen atoms in total. The predicted octanol–water partition coefficient (Wildman–Crippen LogP) is 5.30. The second kappa shape index (κ2) is 9.17. The van der Waals surface area contributed by atoms with Gasteiger partial charge in [-0.05, 0) is 42.0 Å². The number of anilines is 2. The number of nitrogens with one attached hydrogen (secondary N) is 1. The Kier molecular flexibility index (Phi) is 5.98. The average molecular weight is 407 g/mol. The van der Waals surface area contributed by atoms with Crippen LogP contribution in [0.15, 0.2) is 77.6 Å². The smallest absolute Gasteiger partial charge is 0.299 e. The molecule has 0 aliphatic heterocycles. The molecule has 2 aromatic carbocycles. The highest BCUT2D eigenvalue weighted by molar-refractivity contribution is 5.52. The first-order valence-electron chi connectivity index (χ1n) is 9.44. The van der Waals surface area contributed by atoms with Crippen molar-refractivity contribution >= 4 is 11.7 Å². The second-order valence-electron chi connectivity index (χ2n) is 6.61. The topological polar surface area (TPSA) is 60.2 Å². The summed E-state index contributed by atoms with van der Waals surface area (Å²) in [4.78, 5) is 8.08. The molecule has 0 saturated heterocycles. The number of aromatic nitrogens is 2. The van der Waals surface area contributed by atoms with Crippen LogP contribution in [0.4, 0.5) is 20.5 Å². The van der Waals surface area contributed by atoms with Crippen molar-refractivity contribution in [1.29, 1.82) is 0 Å². The van der Waals surface area contributed by atoms with E-state index in [9.17, 15) is 8.78 Å². The number of benzene rings is 2. The van der Waals surface area contributed by atoms with E-state index in [2.05, 4.69) is 15.3 Å². The van der Waals surface area contributed by atoms with Crippen molar-refractivity contribution in [2.45, 2.75) is 12.8 Å². The Labute approximate surface area is 172 Å². The fourth-order valence-corrected chi connectivity index (χ4v) is 2.92. The average Bonchev–Trinajstić information content (AvgIpc) is 3.20. The zero-order valence-corrected chi connectivity index (χ0v) is 16.0. The normalized spacial score (nSPS) is 10.7. The molecule has 7 heteroatoms. The third-order valence-corrected chi connectivity index (χ3v) is 4.48. The molecule has 0 fully saturated rings. The van der Waals surface area contributed by atoms with Gasteiger partial charge in [-0.25, -0.2) is 13.8 Å². The van der Waals surface area contributed by atoms with E-state index in [1.807, 2.05) is 36.4 Å². The van der Waals surface area contributed by atoms with E-state index >= 15 is 0 Å². The van der Waals surface area contributed by atoms with E-state index in [4.69, 9.17) is 9.15 Å². The molecular weight excluding hydrogens is 388 g/mol. The molecule has 0 atom stereocenters. The Hall–Kier alpha value is -3.74. The van der Waals surface area contributed by atoms with Crippen molar-refractivity contribution in [1.82, 2.24) is 9.97 Å². The highest BCUT2D eigenvalue weighted by atomic mass is 19.1. The van der Waals surface area contributed by atoms with Crippen LogP contribution in [0.25, 0.3) is 0 Å². The molecule has 0 bridgehead atoms. The second-order valence-corrected chi connectivity index (χ2v) is 6.61. The summed E-state index contributed by atoms with van der Waals surface area (Å²) in [5, 5.41) is 3.05. The first kappa shape index (κ1) is 19.6. The summed E-state index contributed by atoms with van der Waals surface area (Å²) in [5.74, 6) is -0.0570. The summed E-state index contributed by atoms with van der Waals surface area (Å²) in [5.41, 5.74) is 1.87. The van der Waals surface area contributed by atoms with Crippen LogP contribution in [-0.2, 0) is 12.8 Å². The number of pyridine rings is 1. The number of halogens is 2. The molecule has 2 heterocycles. The molecule has 30 heavy (non-hydrogen) atoms. The third kappa shape index (κ3) is 5.00. The minimum absolute atomic E-state index is 0.0103. The van der Waals surface area contributed by atoms with E-state index in [1.165, 1.54) is 24.4 Å². The molecule has 0 aliphatic carbocycles. The summed E-state index contributed by atoms with van der Waals surface area (Å²) >= 11 is 0. The fourth-order valence-electron chi connectivity index (χ4n) is 2.92. The molecule has 0 aliphatic rings. The van der Waals surface area contributed by atoms with Crippen molar-refractivity contribution in [2.75, 3.05) is 11.9 Å². The van der Waals surface area contributed by atoms with Crippen LogP contribution in [0.5, 0.6) is 5.75 Å². The molecule has 0 radical (unpaired) electrons.